The van der Waals surface area contributed by atoms with Gasteiger partial charge in [-0.05, 0) is 12.1 Å². The Hall–Kier alpha value is -1.87. The third kappa shape index (κ3) is 1.98. The zero-order chi connectivity index (χ0) is 14.3. The highest BCUT2D eigenvalue weighted by atomic mass is 35.5. The molecule has 0 atom stereocenters. The number of thiazole rings is 1. The number of fused-ring (bicyclic) bond motifs is 1. The molecule has 1 amide bonds. The van der Waals surface area contributed by atoms with Crippen molar-refractivity contribution >= 4 is 57.3 Å². The molecule has 0 unspecified atom stereocenters. The number of carbonyl (C=O) groups excluding carboxylic acids is 1. The van der Waals surface area contributed by atoms with Crippen LogP contribution in [0.25, 0.3) is 11.1 Å². The van der Waals surface area contributed by atoms with Crippen LogP contribution in [0.5, 0.6) is 0 Å². The van der Waals surface area contributed by atoms with E-state index in [1.807, 2.05) is 6.07 Å². The van der Waals surface area contributed by atoms with Gasteiger partial charge in [-0.15, -0.1) is 11.3 Å². The van der Waals surface area contributed by atoms with E-state index in [4.69, 9.17) is 23.2 Å². The van der Waals surface area contributed by atoms with E-state index in [0.717, 1.165) is 0 Å². The van der Waals surface area contributed by atoms with E-state index >= 15 is 0 Å². The zero-order valence-electron chi connectivity index (χ0n) is 9.78. The molecule has 0 aliphatic carbocycles. The zero-order valence-corrected chi connectivity index (χ0v) is 12.1. The number of hydrogen-bond acceptors (Lipinski definition) is 4. The number of carbonyl (C=O) groups is 1. The van der Waals surface area contributed by atoms with Crippen molar-refractivity contribution in [1.82, 2.24) is 4.98 Å². The number of aromatic nitrogens is 1. The average Bonchev–Trinajstić information content (AvgIpc) is 3.01. The van der Waals surface area contributed by atoms with Crippen LogP contribution in [0.2, 0.25) is 10.0 Å². The monoisotopic (exact) mass is 321 g/mol. The van der Waals surface area contributed by atoms with Crippen LogP contribution in [0.15, 0.2) is 23.7 Å². The molecule has 1 aliphatic heterocycles. The lowest BCUT2D eigenvalue weighted by Crippen LogP contribution is -2.05. The normalized spacial score (nSPS) is 15.6. The van der Waals surface area contributed by atoms with Crippen molar-refractivity contribution in [1.29, 1.82) is 5.26 Å². The molecule has 1 aromatic carbocycles. The summed E-state index contributed by atoms with van der Waals surface area (Å²) in [7, 11) is 0. The molecule has 1 aliphatic rings. The molecule has 0 saturated heterocycles. The van der Waals surface area contributed by atoms with Crippen LogP contribution in [0.4, 0.5) is 5.69 Å². The molecule has 0 bridgehead atoms. The van der Waals surface area contributed by atoms with Gasteiger partial charge in [0.05, 0.1) is 16.3 Å². The largest absolute Gasteiger partial charge is 0.320 e. The van der Waals surface area contributed by atoms with Gasteiger partial charge in [0.1, 0.15) is 16.6 Å². The van der Waals surface area contributed by atoms with Gasteiger partial charge in [0.15, 0.2) is 0 Å². The number of anilines is 1. The van der Waals surface area contributed by atoms with Crippen LogP contribution < -0.4 is 5.32 Å². The Bertz CT molecular complexity index is 791. The maximum absolute atomic E-state index is 12.1. The van der Waals surface area contributed by atoms with Crippen molar-refractivity contribution in [3.63, 3.8) is 0 Å². The van der Waals surface area contributed by atoms with Crippen LogP contribution in [-0.4, -0.2) is 10.9 Å². The molecule has 0 radical (unpaired) electrons. The predicted octanol–water partition coefficient (Wildman–Crippen LogP) is 3.84. The molecule has 0 saturated carbocycles. The average molecular weight is 322 g/mol. The van der Waals surface area contributed by atoms with Gasteiger partial charge >= 0.3 is 0 Å². The minimum Gasteiger partial charge on any atom is -0.320 e. The number of halogens is 2. The summed E-state index contributed by atoms with van der Waals surface area (Å²) in [4.78, 5) is 16.2. The van der Waals surface area contributed by atoms with Gasteiger partial charge in [-0.1, -0.05) is 23.2 Å². The number of nitriles is 1. The van der Waals surface area contributed by atoms with E-state index in [-0.39, 0.29) is 17.1 Å². The molecule has 1 N–H and O–H groups in total. The number of rotatable bonds is 1. The van der Waals surface area contributed by atoms with Crippen molar-refractivity contribution in [3.8, 4) is 6.07 Å². The summed E-state index contributed by atoms with van der Waals surface area (Å²) in [5.41, 5.74) is 1.47. The summed E-state index contributed by atoms with van der Waals surface area (Å²) in [6.45, 7) is 0. The molecular weight excluding hydrogens is 317 g/mol. The second-order valence-electron chi connectivity index (χ2n) is 3.96. The first-order chi connectivity index (χ1) is 9.61. The highest BCUT2D eigenvalue weighted by molar-refractivity contribution is 7.10. The highest BCUT2D eigenvalue weighted by Crippen LogP contribution is 2.42. The van der Waals surface area contributed by atoms with Crippen molar-refractivity contribution in [2.24, 2.45) is 0 Å². The third-order valence-electron chi connectivity index (χ3n) is 2.80. The van der Waals surface area contributed by atoms with Crippen LogP contribution in [0.1, 0.15) is 10.6 Å². The van der Waals surface area contributed by atoms with Gasteiger partial charge in [0.2, 0.25) is 0 Å². The van der Waals surface area contributed by atoms with E-state index in [1.54, 1.807) is 23.7 Å². The molecule has 1 aromatic heterocycles. The van der Waals surface area contributed by atoms with Crippen LogP contribution >= 0.6 is 34.5 Å². The minimum absolute atomic E-state index is 0.217. The lowest BCUT2D eigenvalue weighted by atomic mass is 10.0. The molecule has 2 aromatic rings. The maximum Gasteiger partial charge on any atom is 0.257 e. The van der Waals surface area contributed by atoms with E-state index in [9.17, 15) is 10.1 Å². The van der Waals surface area contributed by atoms with Crippen molar-refractivity contribution < 1.29 is 4.79 Å². The van der Waals surface area contributed by atoms with Crippen LogP contribution in [0.3, 0.4) is 0 Å². The second-order valence-corrected chi connectivity index (χ2v) is 5.70. The van der Waals surface area contributed by atoms with Crippen LogP contribution in [-0.2, 0) is 4.79 Å². The fourth-order valence-electron chi connectivity index (χ4n) is 2.00. The molecule has 7 heteroatoms. The summed E-state index contributed by atoms with van der Waals surface area (Å²) < 4.78 is 0. The first-order valence-corrected chi connectivity index (χ1v) is 7.10. The van der Waals surface area contributed by atoms with Crippen molar-refractivity contribution in [2.75, 3.05) is 5.32 Å². The van der Waals surface area contributed by atoms with E-state index < -0.39 is 0 Å². The van der Waals surface area contributed by atoms with Crippen molar-refractivity contribution in [2.45, 2.75) is 0 Å². The van der Waals surface area contributed by atoms with Crippen molar-refractivity contribution in [3.05, 3.63) is 44.3 Å². The smallest absolute Gasteiger partial charge is 0.257 e. The van der Waals surface area contributed by atoms with E-state index in [0.29, 0.717) is 26.3 Å². The molecule has 2 heterocycles. The quantitative estimate of drug-likeness (QED) is 0.641. The number of benzene rings is 1. The van der Waals surface area contributed by atoms with Gasteiger partial charge in [-0.25, -0.2) is 4.98 Å². The summed E-state index contributed by atoms with van der Waals surface area (Å²) >= 11 is 13.3. The Balaban J connectivity index is 2.32. The molecule has 0 fully saturated rings. The first kappa shape index (κ1) is 13.1. The Labute approximate surface area is 128 Å². The molecule has 0 spiro atoms. The topological polar surface area (TPSA) is 65.8 Å². The Morgan fingerprint density at radius 1 is 1.40 bits per heavy atom. The van der Waals surface area contributed by atoms with Gasteiger partial charge < -0.3 is 5.32 Å². The molecule has 20 heavy (non-hydrogen) atoms. The molecule has 4 nitrogen and oxygen atoms in total. The second kappa shape index (κ2) is 4.91. The fourth-order valence-corrected chi connectivity index (χ4v) is 3.18. The van der Waals surface area contributed by atoms with Gasteiger partial charge in [0.25, 0.3) is 5.91 Å². The number of hydrogen-bond donors (Lipinski definition) is 1. The number of amides is 1. The van der Waals surface area contributed by atoms with E-state index in [1.165, 1.54) is 11.3 Å². The lowest BCUT2D eigenvalue weighted by Gasteiger charge is -2.03. The summed E-state index contributed by atoms with van der Waals surface area (Å²) in [5, 5.41) is 15.0. The first-order valence-electron chi connectivity index (χ1n) is 5.47. The maximum atomic E-state index is 12.1. The number of nitrogens with one attached hydrogen (secondary N) is 1. The molecule has 3 rings (SSSR count). The summed E-state index contributed by atoms with van der Waals surface area (Å²) in [5.74, 6) is -0.379. The number of allylic oxidation sites excluding steroid dienone is 1. The standard InChI is InChI=1S/C13H5Cl2N3OS/c14-6-3-7-10(8(5-16)13-17-1-2-20-13)12(19)18-11(7)9(15)4-6/h1-4H,(H,18,19)/b10-8+. The summed E-state index contributed by atoms with van der Waals surface area (Å²) in [6, 6.07) is 5.19. The van der Waals surface area contributed by atoms with Gasteiger partial charge in [-0.2, -0.15) is 5.26 Å². The van der Waals surface area contributed by atoms with Gasteiger partial charge in [-0.3, -0.25) is 4.79 Å². The van der Waals surface area contributed by atoms with E-state index in [2.05, 4.69) is 10.3 Å². The Kier molecular flexibility index (Phi) is 3.22. The summed E-state index contributed by atoms with van der Waals surface area (Å²) in [6.07, 6.45) is 1.58. The highest BCUT2D eigenvalue weighted by Gasteiger charge is 2.31. The van der Waals surface area contributed by atoms with Gasteiger partial charge in [0, 0.05) is 22.2 Å². The SMILES string of the molecule is N#C/C(=C1\C(=O)Nc2c(Cl)cc(Cl)cc21)c1nccs1. The number of nitrogens with zero attached hydrogens (tertiary/aromatic N) is 2. The third-order valence-corrected chi connectivity index (χ3v) is 4.10. The Morgan fingerprint density at radius 3 is 2.85 bits per heavy atom. The molecule has 98 valence electrons. The minimum atomic E-state index is -0.379. The molecular formula is C13H5Cl2N3OS. The Morgan fingerprint density at radius 2 is 2.20 bits per heavy atom. The van der Waals surface area contributed by atoms with Crippen LogP contribution in [0, 0.1) is 11.3 Å². The fraction of sp³-hybridized carbons (Fsp3) is 0. The predicted molar refractivity (Wildman–Crippen MR) is 79.6 cm³/mol. The lowest BCUT2D eigenvalue weighted by molar-refractivity contribution is -0.110.